The minimum absolute atomic E-state index is 0.151. The number of nitrogens with two attached hydrogens (primary N) is 1. The summed E-state index contributed by atoms with van der Waals surface area (Å²) in [6, 6.07) is 3.19. The number of aliphatic hydroxyl groups is 6. The molecule has 0 radical (unpaired) electrons. The number of fused-ring (bicyclic) bond motifs is 3. The lowest BCUT2D eigenvalue weighted by molar-refractivity contribution is -0.262. The Bertz CT molecular complexity index is 2450. The van der Waals surface area contributed by atoms with E-state index >= 15 is 0 Å². The number of aromatic nitrogens is 8. The Kier molecular flexibility index (Phi) is 12.3. The molecule has 10 unspecified atom stereocenters. The van der Waals surface area contributed by atoms with Crippen molar-refractivity contribution < 1.29 is 67.7 Å². The lowest BCUT2D eigenvalue weighted by Crippen LogP contribution is -2.47. The molecule has 6 rings (SSSR count). The Hall–Kier alpha value is -4.21. The first-order valence-corrected chi connectivity index (χ1v) is 19.7. The number of benzene rings is 1. The van der Waals surface area contributed by atoms with Crippen molar-refractivity contribution in [3.05, 3.63) is 56.8 Å². The number of ether oxygens (including phenoxy) is 1. The molecule has 3 aliphatic heterocycles. The summed E-state index contributed by atoms with van der Waals surface area (Å²) in [6.45, 7) is 2.28. The van der Waals surface area contributed by atoms with Gasteiger partial charge in [0.05, 0.1) is 30.5 Å². The van der Waals surface area contributed by atoms with E-state index in [2.05, 4.69) is 43.6 Å². The van der Waals surface area contributed by atoms with Crippen LogP contribution in [0.5, 0.6) is 0 Å². The topological polar surface area (TPSA) is 401 Å². The molecule has 0 aliphatic carbocycles. The smallest absolute Gasteiger partial charge is 0.349 e. The molecule has 10 N–H and O–H groups in total. The first kappa shape index (κ1) is 42.4. The van der Waals surface area contributed by atoms with E-state index in [4.69, 9.17) is 10.5 Å². The fraction of sp³-hybridized carbons (Fsp3) is 0.483. The van der Waals surface area contributed by atoms with E-state index in [0.717, 1.165) is 10.1 Å². The number of anilines is 1. The normalized spacial score (nSPS) is 23.0. The van der Waals surface area contributed by atoms with E-state index < -0.39 is 89.2 Å². The third kappa shape index (κ3) is 8.95. The van der Waals surface area contributed by atoms with Crippen LogP contribution in [0.4, 0.5) is 5.82 Å². The zero-order chi connectivity index (χ0) is 41.6. The summed E-state index contributed by atoms with van der Waals surface area (Å²) in [4.78, 5) is 71.9. The molecule has 2 aromatic heterocycles. The number of rotatable bonds is 16. The van der Waals surface area contributed by atoms with Gasteiger partial charge in [-0.25, -0.2) is 29.0 Å². The summed E-state index contributed by atoms with van der Waals surface area (Å²) in [5.74, 6) is -0.0156. The van der Waals surface area contributed by atoms with Crippen LogP contribution in [0.2, 0.25) is 0 Å². The van der Waals surface area contributed by atoms with Gasteiger partial charge in [-0.3, -0.25) is 28.0 Å². The molecule has 0 bridgehead atoms. The summed E-state index contributed by atoms with van der Waals surface area (Å²) < 4.78 is 45.6. The van der Waals surface area contributed by atoms with Crippen molar-refractivity contribution in [2.75, 3.05) is 25.0 Å². The van der Waals surface area contributed by atoms with Gasteiger partial charge in [-0.15, -0.1) is 0 Å². The van der Waals surface area contributed by atoms with E-state index in [9.17, 15) is 59.1 Å². The van der Waals surface area contributed by atoms with Gasteiger partial charge in [0, 0.05) is 13.1 Å². The lowest BCUT2D eigenvalue weighted by atomic mass is 10.1. The summed E-state index contributed by atoms with van der Waals surface area (Å²) in [5.41, 5.74) is 5.53. The van der Waals surface area contributed by atoms with E-state index in [0.29, 0.717) is 17.9 Å². The zero-order valence-corrected chi connectivity index (χ0v) is 31.4. The van der Waals surface area contributed by atoms with Gasteiger partial charge in [0.25, 0.3) is 21.2 Å². The van der Waals surface area contributed by atoms with Crippen molar-refractivity contribution in [3.8, 4) is 11.5 Å². The maximum Gasteiger partial charge on any atom is 0.349 e. The maximum absolute atomic E-state index is 12.5. The highest BCUT2D eigenvalue weighted by Crippen LogP contribution is 2.56. The van der Waals surface area contributed by atoms with Crippen LogP contribution < -0.4 is 32.1 Å². The number of H-pyrrole nitrogens is 1. The van der Waals surface area contributed by atoms with Crippen molar-refractivity contribution in [2.45, 2.75) is 69.5 Å². The van der Waals surface area contributed by atoms with E-state index in [1.807, 2.05) is 4.98 Å². The monoisotopic (exact) mass is 842 g/mol. The molecule has 310 valence electrons. The van der Waals surface area contributed by atoms with Gasteiger partial charge in [0.15, 0.2) is 41.0 Å². The standard InChI is InChI=1S/C29H38N10O16P2/c1-11-5-13-14(6-12(11)2)38(25-18(35-13)26(45)37-29(47)36-25)7-15(40)19(41)22(44)28(46)54-57(50,51)55-56(48,49)52-8-16-20(42)21(43)27(53-16)39-10-34-17-23(31-4-3-30)32-9-33-24(17)39/h5-6,9-10,15-16,19-22,27-28,40-44,46H,3-4,7-8,30H2,1-2H3,(H,48,49)(H,50,51)(H,31,32,33)(H,37,45,47)/p-2. The third-order valence-corrected chi connectivity index (χ3v) is 11.4. The first-order valence-electron chi connectivity index (χ1n) is 16.7. The van der Waals surface area contributed by atoms with E-state index in [-0.39, 0.29) is 40.3 Å². The SMILES string of the molecule is Cc1cc2nc3c(=O)[nH]c(=O)nc-3n(CC(O)C(O)C(O)C(O)OP(=O)([O-])OP(=O)([O-])OCC3OC(n4cnc5c(NCCN)ncnc54)C(O)C3O)c2cc1C. The minimum Gasteiger partial charge on any atom is -0.756 e. The predicted octanol–water partition coefficient (Wildman–Crippen LogP) is -4.58. The third-order valence-electron chi connectivity index (χ3n) is 8.87. The number of phosphoric acid groups is 2. The van der Waals surface area contributed by atoms with E-state index in [1.165, 1.54) is 17.2 Å². The molecule has 3 aromatic rings. The highest BCUT2D eigenvalue weighted by Gasteiger charge is 2.45. The van der Waals surface area contributed by atoms with Gasteiger partial charge in [-0.05, 0) is 37.1 Å². The number of hydrogen-bond donors (Lipinski definition) is 9. The average molecular weight is 843 g/mol. The fourth-order valence-electron chi connectivity index (χ4n) is 5.91. The van der Waals surface area contributed by atoms with Crippen LogP contribution >= 0.6 is 15.6 Å². The van der Waals surface area contributed by atoms with Crippen LogP contribution in [0.25, 0.3) is 33.7 Å². The molecule has 0 spiro atoms. The largest absolute Gasteiger partial charge is 0.756 e. The number of aryl methyl sites for hydroxylation is 2. The van der Waals surface area contributed by atoms with Crippen LogP contribution in [0.3, 0.4) is 0 Å². The molecule has 10 atom stereocenters. The van der Waals surface area contributed by atoms with Crippen LogP contribution in [-0.2, 0) is 33.8 Å². The second kappa shape index (κ2) is 16.6. The van der Waals surface area contributed by atoms with Crippen LogP contribution in [-0.4, -0.2) is 132 Å². The van der Waals surface area contributed by atoms with Crippen molar-refractivity contribution in [3.63, 3.8) is 0 Å². The Labute approximate surface area is 318 Å². The molecular weight excluding hydrogens is 806 g/mol. The predicted molar refractivity (Wildman–Crippen MR) is 187 cm³/mol. The minimum atomic E-state index is -6.17. The number of nitrogens with zero attached hydrogens (tertiary/aromatic N) is 7. The summed E-state index contributed by atoms with van der Waals surface area (Å²) in [5, 5.41) is 66.5. The quantitative estimate of drug-likeness (QED) is 0.0256. The zero-order valence-electron chi connectivity index (χ0n) is 29.6. The molecule has 28 heteroatoms. The van der Waals surface area contributed by atoms with E-state index in [1.54, 1.807) is 26.0 Å². The molecule has 3 aliphatic rings. The number of aliphatic hydroxyl groups excluding tert-OH is 6. The Morgan fingerprint density at radius 3 is 2.46 bits per heavy atom. The fourth-order valence-corrected chi connectivity index (χ4v) is 7.95. The number of phosphoric ester groups is 2. The van der Waals surface area contributed by atoms with Crippen LogP contribution in [0.15, 0.2) is 34.4 Å². The maximum atomic E-state index is 12.5. The summed E-state index contributed by atoms with van der Waals surface area (Å²) in [6.07, 6.45) is -14.2. The highest BCUT2D eigenvalue weighted by molar-refractivity contribution is 7.59. The Balaban J connectivity index is 1.09. The van der Waals surface area contributed by atoms with Crippen molar-refractivity contribution in [1.29, 1.82) is 0 Å². The Morgan fingerprint density at radius 2 is 1.74 bits per heavy atom. The average Bonchev–Trinajstić information content (AvgIpc) is 3.69. The van der Waals surface area contributed by atoms with Gasteiger partial charge in [-0.1, -0.05) is 0 Å². The molecule has 1 aromatic carbocycles. The molecular formula is C29H36N10O16P2-2. The van der Waals surface area contributed by atoms with Crippen molar-refractivity contribution in [2.24, 2.45) is 5.73 Å². The molecule has 0 saturated carbocycles. The second-order valence-electron chi connectivity index (χ2n) is 12.8. The van der Waals surface area contributed by atoms with Crippen LogP contribution in [0, 0.1) is 13.8 Å². The van der Waals surface area contributed by atoms with Gasteiger partial charge >= 0.3 is 5.69 Å². The second-order valence-corrected chi connectivity index (χ2v) is 15.7. The lowest BCUT2D eigenvalue weighted by Gasteiger charge is -2.34. The number of aromatic amines is 1. The molecule has 26 nitrogen and oxygen atoms in total. The molecule has 57 heavy (non-hydrogen) atoms. The summed E-state index contributed by atoms with van der Waals surface area (Å²) in [7, 11) is -12.1. The molecule has 0 amide bonds. The molecule has 1 saturated heterocycles. The van der Waals surface area contributed by atoms with Gasteiger partial charge < -0.3 is 65.3 Å². The Morgan fingerprint density at radius 1 is 1.02 bits per heavy atom. The molecule has 1 fully saturated rings. The summed E-state index contributed by atoms with van der Waals surface area (Å²) >= 11 is 0. The number of nitrogens with one attached hydrogen (secondary N) is 2. The van der Waals surface area contributed by atoms with Gasteiger partial charge in [-0.2, -0.15) is 4.98 Å². The van der Waals surface area contributed by atoms with Crippen molar-refractivity contribution in [1.82, 2.24) is 39.0 Å². The highest BCUT2D eigenvalue weighted by atomic mass is 31.3. The van der Waals surface area contributed by atoms with Crippen molar-refractivity contribution >= 4 is 43.7 Å². The number of imidazole rings is 1. The van der Waals surface area contributed by atoms with Crippen LogP contribution in [0.1, 0.15) is 17.4 Å². The first-order chi connectivity index (χ1) is 26.8. The number of hydrogen-bond acceptors (Lipinski definition) is 23. The van der Waals surface area contributed by atoms with Gasteiger partial charge in [0.2, 0.25) is 0 Å². The van der Waals surface area contributed by atoms with Gasteiger partial charge in [0.1, 0.15) is 43.0 Å². The molecule has 5 heterocycles.